The highest BCUT2D eigenvalue weighted by molar-refractivity contribution is 5.87. The summed E-state index contributed by atoms with van der Waals surface area (Å²) < 4.78 is 5.15. The van der Waals surface area contributed by atoms with Gasteiger partial charge in [-0.25, -0.2) is 4.79 Å². The summed E-state index contributed by atoms with van der Waals surface area (Å²) in [6, 6.07) is 0. The van der Waals surface area contributed by atoms with Crippen LogP contribution in [0.3, 0.4) is 0 Å². The Labute approximate surface area is 88.9 Å². The number of esters is 1. The number of carboxylic acids is 1. The number of carboxylic acid groups (broad SMARTS) is 1. The molecule has 0 radical (unpaired) electrons. The second-order valence-electron chi connectivity index (χ2n) is 4.08. The van der Waals surface area contributed by atoms with Crippen LogP contribution in [0.15, 0.2) is 12.2 Å². The minimum Gasteiger partial charge on any atom is -0.481 e. The average molecular weight is 212 g/mol. The highest BCUT2D eigenvalue weighted by atomic mass is 16.5. The molecule has 0 amide bonds. The van der Waals surface area contributed by atoms with E-state index in [2.05, 4.69) is 6.58 Å². The normalized spacial score (nSPS) is 24.9. The lowest BCUT2D eigenvalue weighted by molar-refractivity contribution is -0.143. The summed E-state index contributed by atoms with van der Waals surface area (Å²) in [7, 11) is 0. The van der Waals surface area contributed by atoms with Crippen LogP contribution in [0.5, 0.6) is 0 Å². The Morgan fingerprint density at radius 2 is 2.13 bits per heavy atom. The van der Waals surface area contributed by atoms with Crippen LogP contribution in [0.25, 0.3) is 0 Å². The van der Waals surface area contributed by atoms with Gasteiger partial charge in [0.15, 0.2) is 0 Å². The van der Waals surface area contributed by atoms with Gasteiger partial charge in [-0.15, -0.1) is 0 Å². The third kappa shape index (κ3) is 3.73. The lowest BCUT2D eigenvalue weighted by Gasteiger charge is -2.11. The van der Waals surface area contributed by atoms with Gasteiger partial charge in [0.25, 0.3) is 0 Å². The molecule has 0 aromatic carbocycles. The number of aliphatic carboxylic acids is 1. The van der Waals surface area contributed by atoms with E-state index in [0.717, 1.165) is 12.8 Å². The summed E-state index contributed by atoms with van der Waals surface area (Å²) in [5.74, 6) is -1.02. The lowest BCUT2D eigenvalue weighted by atomic mass is 10.0. The fourth-order valence-electron chi connectivity index (χ4n) is 1.82. The van der Waals surface area contributed by atoms with Gasteiger partial charge < -0.3 is 9.84 Å². The first-order valence-electron chi connectivity index (χ1n) is 5.07. The van der Waals surface area contributed by atoms with Crippen molar-refractivity contribution in [3.8, 4) is 0 Å². The maximum absolute atomic E-state index is 11.2. The van der Waals surface area contributed by atoms with Gasteiger partial charge in [-0.1, -0.05) is 6.58 Å². The molecule has 0 spiro atoms. The Balaban J connectivity index is 2.33. The molecule has 0 saturated heterocycles. The number of hydrogen-bond acceptors (Lipinski definition) is 3. The molecule has 4 nitrogen and oxygen atoms in total. The van der Waals surface area contributed by atoms with Crippen LogP contribution in [0, 0.1) is 5.92 Å². The van der Waals surface area contributed by atoms with E-state index in [1.807, 2.05) is 0 Å². The third-order valence-corrected chi connectivity index (χ3v) is 2.58. The molecule has 0 bridgehead atoms. The Morgan fingerprint density at radius 3 is 2.67 bits per heavy atom. The van der Waals surface area contributed by atoms with Crippen LogP contribution >= 0.6 is 0 Å². The Kier molecular flexibility index (Phi) is 3.88. The van der Waals surface area contributed by atoms with E-state index in [-0.39, 0.29) is 24.4 Å². The van der Waals surface area contributed by atoms with Crippen LogP contribution < -0.4 is 0 Å². The quantitative estimate of drug-likeness (QED) is 0.569. The average Bonchev–Trinajstić information content (AvgIpc) is 2.51. The van der Waals surface area contributed by atoms with Gasteiger partial charge in [0.1, 0.15) is 6.10 Å². The topological polar surface area (TPSA) is 63.6 Å². The molecule has 1 aliphatic carbocycles. The molecule has 1 rings (SSSR count). The minimum atomic E-state index is -0.785. The van der Waals surface area contributed by atoms with E-state index >= 15 is 0 Å². The maximum atomic E-state index is 11.2. The SMILES string of the molecule is C=C(C)C(=O)OC1CCC(CC(=O)O)C1. The van der Waals surface area contributed by atoms with Gasteiger partial charge >= 0.3 is 11.9 Å². The number of rotatable bonds is 4. The van der Waals surface area contributed by atoms with E-state index < -0.39 is 5.97 Å². The maximum Gasteiger partial charge on any atom is 0.333 e. The summed E-state index contributed by atoms with van der Waals surface area (Å²) in [5, 5.41) is 8.61. The van der Waals surface area contributed by atoms with Gasteiger partial charge in [0, 0.05) is 12.0 Å². The number of carbonyl (C=O) groups is 2. The predicted molar refractivity (Wildman–Crippen MR) is 54.3 cm³/mol. The van der Waals surface area contributed by atoms with E-state index in [1.54, 1.807) is 6.92 Å². The molecule has 4 heteroatoms. The summed E-state index contributed by atoms with van der Waals surface area (Å²) in [6.45, 7) is 5.10. The molecule has 0 aliphatic heterocycles. The van der Waals surface area contributed by atoms with Gasteiger partial charge in [-0.3, -0.25) is 4.79 Å². The molecular formula is C11H16O4. The molecule has 0 aromatic rings. The summed E-state index contributed by atoms with van der Waals surface area (Å²) >= 11 is 0. The molecule has 1 N–H and O–H groups in total. The fraction of sp³-hybridized carbons (Fsp3) is 0.636. The molecule has 1 fully saturated rings. The Hall–Kier alpha value is -1.32. The van der Waals surface area contributed by atoms with Gasteiger partial charge in [-0.05, 0) is 32.1 Å². The molecule has 84 valence electrons. The Morgan fingerprint density at radius 1 is 1.47 bits per heavy atom. The van der Waals surface area contributed by atoms with Gasteiger partial charge in [-0.2, -0.15) is 0 Å². The van der Waals surface area contributed by atoms with Crippen molar-refractivity contribution < 1.29 is 19.4 Å². The van der Waals surface area contributed by atoms with Gasteiger partial charge in [0.2, 0.25) is 0 Å². The third-order valence-electron chi connectivity index (χ3n) is 2.58. The van der Waals surface area contributed by atoms with Crippen LogP contribution in [0.4, 0.5) is 0 Å². The first-order chi connectivity index (χ1) is 6.99. The monoisotopic (exact) mass is 212 g/mol. The first-order valence-corrected chi connectivity index (χ1v) is 5.07. The van der Waals surface area contributed by atoms with Crippen LogP contribution in [0.1, 0.15) is 32.6 Å². The summed E-state index contributed by atoms with van der Waals surface area (Å²) in [4.78, 5) is 21.7. The zero-order chi connectivity index (χ0) is 11.4. The number of ether oxygens (including phenoxy) is 1. The standard InChI is InChI=1S/C11H16O4/c1-7(2)11(14)15-9-4-3-8(5-9)6-10(12)13/h8-9H,1,3-6H2,2H3,(H,12,13). The van der Waals surface area contributed by atoms with E-state index in [9.17, 15) is 9.59 Å². The van der Waals surface area contributed by atoms with Crippen LogP contribution in [0.2, 0.25) is 0 Å². The zero-order valence-corrected chi connectivity index (χ0v) is 8.86. The van der Waals surface area contributed by atoms with Gasteiger partial charge in [0.05, 0.1) is 0 Å². The molecule has 1 aliphatic rings. The van der Waals surface area contributed by atoms with E-state index in [4.69, 9.17) is 9.84 Å². The van der Waals surface area contributed by atoms with Crippen molar-refractivity contribution in [2.24, 2.45) is 5.92 Å². The van der Waals surface area contributed by atoms with Crippen LogP contribution in [-0.2, 0) is 14.3 Å². The number of carbonyl (C=O) groups excluding carboxylic acids is 1. The highest BCUT2D eigenvalue weighted by Gasteiger charge is 2.28. The number of hydrogen-bond donors (Lipinski definition) is 1. The summed E-state index contributed by atoms with van der Waals surface area (Å²) in [5.41, 5.74) is 0.386. The van der Waals surface area contributed by atoms with Crippen LogP contribution in [-0.4, -0.2) is 23.1 Å². The van der Waals surface area contributed by atoms with Crippen molar-refractivity contribution in [2.75, 3.05) is 0 Å². The second kappa shape index (κ2) is 4.96. The van der Waals surface area contributed by atoms with Crippen molar-refractivity contribution in [2.45, 2.75) is 38.7 Å². The van der Waals surface area contributed by atoms with E-state index in [0.29, 0.717) is 12.0 Å². The van der Waals surface area contributed by atoms with E-state index in [1.165, 1.54) is 0 Å². The van der Waals surface area contributed by atoms with Crippen molar-refractivity contribution in [3.63, 3.8) is 0 Å². The van der Waals surface area contributed by atoms with Crippen molar-refractivity contribution >= 4 is 11.9 Å². The summed E-state index contributed by atoms with van der Waals surface area (Å²) in [6.07, 6.45) is 2.28. The molecule has 15 heavy (non-hydrogen) atoms. The zero-order valence-electron chi connectivity index (χ0n) is 8.86. The molecule has 0 aromatic heterocycles. The highest BCUT2D eigenvalue weighted by Crippen LogP contribution is 2.30. The van der Waals surface area contributed by atoms with Crippen molar-refractivity contribution in [3.05, 3.63) is 12.2 Å². The molecule has 2 unspecified atom stereocenters. The lowest BCUT2D eigenvalue weighted by Crippen LogP contribution is -2.16. The smallest absolute Gasteiger partial charge is 0.333 e. The predicted octanol–water partition coefficient (Wildman–Crippen LogP) is 1.75. The Bertz CT molecular complexity index is 282. The van der Waals surface area contributed by atoms with Crippen molar-refractivity contribution in [1.29, 1.82) is 0 Å². The minimum absolute atomic E-state index is 0.126. The molecular weight excluding hydrogens is 196 g/mol. The second-order valence-corrected chi connectivity index (χ2v) is 4.08. The molecule has 1 saturated carbocycles. The molecule has 0 heterocycles. The van der Waals surface area contributed by atoms with Crippen molar-refractivity contribution in [1.82, 2.24) is 0 Å². The fourth-order valence-corrected chi connectivity index (χ4v) is 1.82. The first kappa shape index (κ1) is 11.8. The largest absolute Gasteiger partial charge is 0.481 e. The molecule has 2 atom stereocenters.